The molecule has 0 aliphatic carbocycles. The summed E-state index contributed by atoms with van der Waals surface area (Å²) in [5, 5.41) is 5.89. The van der Waals surface area contributed by atoms with Crippen LogP contribution < -0.4 is 4.72 Å². The maximum Gasteiger partial charge on any atom is 0.242 e. The van der Waals surface area contributed by atoms with Crippen molar-refractivity contribution < 1.29 is 17.6 Å². The summed E-state index contributed by atoms with van der Waals surface area (Å²) < 4.78 is 39.8. The lowest BCUT2D eigenvalue weighted by molar-refractivity contribution is -0.132. The average molecular weight is 424 g/mol. The summed E-state index contributed by atoms with van der Waals surface area (Å²) in [4.78, 5) is 12.4. The molecular weight excluding hydrogens is 405 g/mol. The lowest BCUT2D eigenvalue weighted by Gasteiger charge is -2.22. The first-order valence-corrected chi connectivity index (χ1v) is 10.9. The van der Waals surface area contributed by atoms with Crippen LogP contribution in [0.25, 0.3) is 0 Å². The molecule has 2 aromatic rings. The Bertz CT molecular complexity index is 1040. The zero-order valence-corrected chi connectivity index (χ0v) is 16.9. The molecule has 0 spiro atoms. The number of hydrogen-bond donors (Lipinski definition) is 1. The second kappa shape index (κ2) is 7.89. The second-order valence-corrected chi connectivity index (χ2v) is 8.60. The van der Waals surface area contributed by atoms with Crippen molar-refractivity contribution in [3.63, 3.8) is 0 Å². The Morgan fingerprint density at radius 2 is 2.04 bits per heavy atom. The van der Waals surface area contributed by atoms with E-state index in [2.05, 4.69) is 9.82 Å². The van der Waals surface area contributed by atoms with Crippen LogP contribution in [0.1, 0.15) is 36.9 Å². The molecule has 1 heterocycles. The van der Waals surface area contributed by atoms with Crippen LogP contribution in [-0.4, -0.2) is 31.3 Å². The molecule has 148 valence electrons. The number of benzene rings is 2. The van der Waals surface area contributed by atoms with Crippen LogP contribution in [0.15, 0.2) is 47.6 Å². The lowest BCUT2D eigenvalue weighted by Crippen LogP contribution is -2.27. The third kappa shape index (κ3) is 4.34. The highest BCUT2D eigenvalue weighted by Gasteiger charge is 2.35. The van der Waals surface area contributed by atoms with Gasteiger partial charge in [-0.25, -0.2) is 17.8 Å². The molecule has 0 aromatic heterocycles. The van der Waals surface area contributed by atoms with Gasteiger partial charge in [-0.15, -0.1) is 0 Å². The van der Waals surface area contributed by atoms with Crippen LogP contribution in [0.4, 0.5) is 10.1 Å². The maximum atomic E-state index is 14.5. The standard InChI is InChI=1S/C19H19ClFN3O3S/c1-3-18(25)24-17(19-14(20)8-5-9-15(19)21)11-16(22-24)12-6-4-7-13(10-12)23-28(2,26)27/h4-10,17,23H,3,11H2,1-2H3. The Morgan fingerprint density at radius 1 is 1.32 bits per heavy atom. The molecule has 1 amide bonds. The number of halogens is 2. The largest absolute Gasteiger partial charge is 0.284 e. The Hall–Kier alpha value is -2.45. The van der Waals surface area contributed by atoms with Crippen molar-refractivity contribution in [1.29, 1.82) is 0 Å². The molecule has 9 heteroatoms. The fourth-order valence-corrected chi connectivity index (χ4v) is 3.95. The van der Waals surface area contributed by atoms with E-state index in [1.165, 1.54) is 17.1 Å². The lowest BCUT2D eigenvalue weighted by atomic mass is 9.97. The Balaban J connectivity index is 2.00. The molecule has 0 saturated carbocycles. The molecule has 0 fully saturated rings. The van der Waals surface area contributed by atoms with E-state index in [0.29, 0.717) is 17.0 Å². The molecule has 28 heavy (non-hydrogen) atoms. The van der Waals surface area contributed by atoms with Crippen molar-refractivity contribution in [1.82, 2.24) is 5.01 Å². The molecular formula is C19H19ClFN3O3S. The van der Waals surface area contributed by atoms with E-state index in [9.17, 15) is 17.6 Å². The number of nitrogens with one attached hydrogen (secondary N) is 1. The van der Waals surface area contributed by atoms with E-state index in [1.807, 2.05) is 0 Å². The highest BCUT2D eigenvalue weighted by molar-refractivity contribution is 7.92. The molecule has 1 atom stereocenters. The predicted octanol–water partition coefficient (Wildman–Crippen LogP) is 3.94. The van der Waals surface area contributed by atoms with E-state index < -0.39 is 21.9 Å². The fourth-order valence-electron chi connectivity index (χ4n) is 3.11. The van der Waals surface area contributed by atoms with E-state index >= 15 is 0 Å². The highest BCUT2D eigenvalue weighted by atomic mass is 35.5. The topological polar surface area (TPSA) is 78.8 Å². The van der Waals surface area contributed by atoms with E-state index in [-0.39, 0.29) is 29.3 Å². The van der Waals surface area contributed by atoms with Gasteiger partial charge in [-0.1, -0.05) is 36.7 Å². The number of nitrogens with zero attached hydrogens (tertiary/aromatic N) is 2. The summed E-state index contributed by atoms with van der Waals surface area (Å²) in [5.74, 6) is -0.764. The first kappa shape index (κ1) is 20.3. The molecule has 0 saturated heterocycles. The van der Waals surface area contributed by atoms with Crippen LogP contribution in [0.5, 0.6) is 0 Å². The SMILES string of the molecule is CCC(=O)N1N=C(c2cccc(NS(C)(=O)=O)c2)CC1c1c(F)cccc1Cl. The Labute approximate surface area is 168 Å². The van der Waals surface area contributed by atoms with Crippen LogP contribution in [0.3, 0.4) is 0 Å². The molecule has 2 aromatic carbocycles. The normalized spacial score (nSPS) is 16.8. The van der Waals surface area contributed by atoms with Gasteiger partial charge in [-0.3, -0.25) is 9.52 Å². The minimum atomic E-state index is -3.43. The first-order valence-electron chi connectivity index (χ1n) is 8.61. The Kier molecular flexibility index (Phi) is 5.71. The molecule has 3 rings (SSSR count). The molecule has 1 aliphatic rings. The average Bonchev–Trinajstić information content (AvgIpc) is 3.05. The molecule has 1 unspecified atom stereocenters. The number of carbonyl (C=O) groups is 1. The smallest absolute Gasteiger partial charge is 0.242 e. The number of anilines is 1. The van der Waals surface area contributed by atoms with Gasteiger partial charge in [-0.05, 0) is 29.8 Å². The number of carbonyl (C=O) groups excluding carboxylic acids is 1. The fraction of sp³-hybridized carbons (Fsp3) is 0.263. The quantitative estimate of drug-likeness (QED) is 0.791. The summed E-state index contributed by atoms with van der Waals surface area (Å²) in [7, 11) is -3.43. The second-order valence-electron chi connectivity index (χ2n) is 6.45. The zero-order valence-electron chi connectivity index (χ0n) is 15.3. The van der Waals surface area contributed by atoms with Crippen LogP contribution in [0.2, 0.25) is 5.02 Å². The molecule has 1 N–H and O–H groups in total. The van der Waals surface area contributed by atoms with Gasteiger partial charge in [0.05, 0.1) is 18.0 Å². The number of hydrazone groups is 1. The van der Waals surface area contributed by atoms with Crippen molar-refractivity contribution in [2.45, 2.75) is 25.8 Å². The molecule has 0 bridgehead atoms. The number of amides is 1. The summed E-state index contributed by atoms with van der Waals surface area (Å²) in [6.45, 7) is 1.70. The summed E-state index contributed by atoms with van der Waals surface area (Å²) in [6.07, 6.45) is 1.52. The zero-order chi connectivity index (χ0) is 20.5. The predicted molar refractivity (Wildman–Crippen MR) is 107 cm³/mol. The van der Waals surface area contributed by atoms with Gasteiger partial charge in [-0.2, -0.15) is 5.10 Å². The molecule has 1 aliphatic heterocycles. The van der Waals surface area contributed by atoms with Crippen molar-refractivity contribution in [3.05, 3.63) is 64.4 Å². The van der Waals surface area contributed by atoms with Gasteiger partial charge in [0, 0.05) is 29.1 Å². The Morgan fingerprint density at radius 3 is 2.68 bits per heavy atom. The van der Waals surface area contributed by atoms with Crippen LogP contribution in [-0.2, 0) is 14.8 Å². The van der Waals surface area contributed by atoms with Crippen molar-refractivity contribution in [2.24, 2.45) is 5.10 Å². The number of sulfonamides is 1. The first-order chi connectivity index (χ1) is 13.2. The van der Waals surface area contributed by atoms with Gasteiger partial charge in [0.2, 0.25) is 15.9 Å². The summed E-state index contributed by atoms with van der Waals surface area (Å²) in [5.41, 5.74) is 1.78. The van der Waals surface area contributed by atoms with E-state index in [0.717, 1.165) is 6.26 Å². The van der Waals surface area contributed by atoms with Gasteiger partial charge in [0.25, 0.3) is 0 Å². The summed E-state index contributed by atoms with van der Waals surface area (Å²) >= 11 is 6.21. The number of rotatable bonds is 5. The van der Waals surface area contributed by atoms with Crippen LogP contribution >= 0.6 is 11.6 Å². The molecule has 6 nitrogen and oxygen atoms in total. The number of hydrogen-bond acceptors (Lipinski definition) is 4. The van der Waals surface area contributed by atoms with Gasteiger partial charge in [0.1, 0.15) is 5.82 Å². The third-order valence-corrected chi connectivity index (χ3v) is 5.24. The third-order valence-electron chi connectivity index (χ3n) is 4.30. The molecule has 0 radical (unpaired) electrons. The van der Waals surface area contributed by atoms with Crippen molar-refractivity contribution in [3.8, 4) is 0 Å². The van der Waals surface area contributed by atoms with E-state index in [4.69, 9.17) is 11.6 Å². The minimum absolute atomic E-state index is 0.203. The summed E-state index contributed by atoms with van der Waals surface area (Å²) in [6, 6.07) is 10.4. The minimum Gasteiger partial charge on any atom is -0.284 e. The van der Waals surface area contributed by atoms with Crippen LogP contribution in [0, 0.1) is 5.82 Å². The van der Waals surface area contributed by atoms with Crippen molar-refractivity contribution >= 4 is 38.9 Å². The monoisotopic (exact) mass is 423 g/mol. The maximum absolute atomic E-state index is 14.5. The van der Waals surface area contributed by atoms with Gasteiger partial charge < -0.3 is 0 Å². The van der Waals surface area contributed by atoms with Gasteiger partial charge in [0.15, 0.2) is 0 Å². The van der Waals surface area contributed by atoms with E-state index in [1.54, 1.807) is 37.3 Å². The van der Waals surface area contributed by atoms with Gasteiger partial charge >= 0.3 is 0 Å². The van der Waals surface area contributed by atoms with Crippen molar-refractivity contribution in [2.75, 3.05) is 11.0 Å². The highest BCUT2D eigenvalue weighted by Crippen LogP contribution is 2.38.